The highest BCUT2D eigenvalue weighted by molar-refractivity contribution is 9.25. The maximum Gasteiger partial charge on any atom is 0.335 e. The molecule has 2 rings (SSSR count). The van der Waals surface area contributed by atoms with Gasteiger partial charge >= 0.3 is 5.97 Å². The number of carboxylic acids is 1. The topological polar surface area (TPSA) is 66.4 Å². The standard InChI is InChI=1S/C12H11Br2NO3/c13-12(14)6-8(12)5-10(16)15-9-3-1-7(2-4-9)11(17)18/h1-4,8H,5-6H2,(H,15,16)(H,17,18). The van der Waals surface area contributed by atoms with Gasteiger partial charge in [0.1, 0.15) is 0 Å². The van der Waals surface area contributed by atoms with Crippen molar-refractivity contribution in [2.45, 2.75) is 16.1 Å². The van der Waals surface area contributed by atoms with Gasteiger partial charge < -0.3 is 10.4 Å². The van der Waals surface area contributed by atoms with Crippen molar-refractivity contribution in [1.82, 2.24) is 0 Å². The number of aromatic carboxylic acids is 1. The van der Waals surface area contributed by atoms with Gasteiger partial charge in [0, 0.05) is 12.1 Å². The molecule has 1 fully saturated rings. The van der Waals surface area contributed by atoms with E-state index in [0.29, 0.717) is 18.0 Å². The largest absolute Gasteiger partial charge is 0.478 e. The van der Waals surface area contributed by atoms with Crippen molar-refractivity contribution in [2.75, 3.05) is 5.32 Å². The number of nitrogens with one attached hydrogen (secondary N) is 1. The number of alkyl halides is 2. The first-order valence-electron chi connectivity index (χ1n) is 5.39. The molecule has 1 atom stereocenters. The van der Waals surface area contributed by atoms with Gasteiger partial charge in [0.05, 0.1) is 8.80 Å². The number of halogens is 2. The molecule has 4 nitrogen and oxygen atoms in total. The van der Waals surface area contributed by atoms with E-state index in [1.165, 1.54) is 12.1 Å². The zero-order chi connectivity index (χ0) is 13.3. The second-order valence-electron chi connectivity index (χ2n) is 4.30. The lowest BCUT2D eigenvalue weighted by Gasteiger charge is -2.05. The van der Waals surface area contributed by atoms with E-state index in [1.807, 2.05) is 0 Å². The van der Waals surface area contributed by atoms with Crippen LogP contribution in [0.1, 0.15) is 23.2 Å². The Morgan fingerprint density at radius 1 is 1.33 bits per heavy atom. The minimum Gasteiger partial charge on any atom is -0.478 e. The number of carboxylic acid groups (broad SMARTS) is 1. The molecule has 2 N–H and O–H groups in total. The van der Waals surface area contributed by atoms with Crippen molar-refractivity contribution in [3.05, 3.63) is 29.8 Å². The lowest BCUT2D eigenvalue weighted by atomic mass is 10.2. The van der Waals surface area contributed by atoms with Gasteiger partial charge in [-0.1, -0.05) is 31.9 Å². The summed E-state index contributed by atoms with van der Waals surface area (Å²) in [6, 6.07) is 6.11. The van der Waals surface area contributed by atoms with Crippen LogP contribution in [-0.4, -0.2) is 20.2 Å². The number of benzene rings is 1. The Hall–Kier alpha value is -0.880. The van der Waals surface area contributed by atoms with E-state index in [1.54, 1.807) is 12.1 Å². The van der Waals surface area contributed by atoms with Gasteiger partial charge in [-0.15, -0.1) is 0 Å². The molecule has 1 saturated carbocycles. The monoisotopic (exact) mass is 375 g/mol. The summed E-state index contributed by atoms with van der Waals surface area (Å²) >= 11 is 6.93. The molecule has 0 aromatic heterocycles. The van der Waals surface area contributed by atoms with E-state index >= 15 is 0 Å². The van der Waals surface area contributed by atoms with Crippen LogP contribution in [0.3, 0.4) is 0 Å². The van der Waals surface area contributed by atoms with E-state index in [4.69, 9.17) is 5.11 Å². The molecule has 1 aliphatic rings. The molecule has 1 amide bonds. The third-order valence-corrected chi connectivity index (χ3v) is 4.75. The average Bonchev–Trinajstić information content (AvgIpc) is 2.86. The van der Waals surface area contributed by atoms with Crippen molar-refractivity contribution in [3.8, 4) is 0 Å². The lowest BCUT2D eigenvalue weighted by molar-refractivity contribution is -0.116. The van der Waals surface area contributed by atoms with E-state index in [9.17, 15) is 9.59 Å². The van der Waals surface area contributed by atoms with Crippen molar-refractivity contribution in [1.29, 1.82) is 0 Å². The van der Waals surface area contributed by atoms with Crippen LogP contribution in [0.5, 0.6) is 0 Å². The summed E-state index contributed by atoms with van der Waals surface area (Å²) in [5, 5.41) is 11.5. The van der Waals surface area contributed by atoms with Crippen LogP contribution in [0.4, 0.5) is 5.69 Å². The number of amides is 1. The van der Waals surface area contributed by atoms with E-state index in [2.05, 4.69) is 37.2 Å². The molecule has 0 saturated heterocycles. The van der Waals surface area contributed by atoms with Crippen molar-refractivity contribution in [3.63, 3.8) is 0 Å². The smallest absolute Gasteiger partial charge is 0.335 e. The third-order valence-electron chi connectivity index (χ3n) is 2.80. The van der Waals surface area contributed by atoms with Gasteiger partial charge in [0.15, 0.2) is 0 Å². The highest BCUT2D eigenvalue weighted by Crippen LogP contribution is 2.57. The molecule has 1 aromatic carbocycles. The van der Waals surface area contributed by atoms with E-state index in [0.717, 1.165) is 6.42 Å². The fourth-order valence-corrected chi connectivity index (χ4v) is 2.73. The van der Waals surface area contributed by atoms with Crippen LogP contribution in [0.25, 0.3) is 0 Å². The van der Waals surface area contributed by atoms with Crippen LogP contribution >= 0.6 is 31.9 Å². The zero-order valence-electron chi connectivity index (χ0n) is 9.32. The van der Waals surface area contributed by atoms with Crippen LogP contribution in [0, 0.1) is 5.92 Å². The number of rotatable bonds is 4. The van der Waals surface area contributed by atoms with Gasteiger partial charge in [-0.2, -0.15) is 0 Å². The van der Waals surface area contributed by atoms with Gasteiger partial charge in [0.25, 0.3) is 0 Å². The molecule has 1 unspecified atom stereocenters. The molecule has 0 radical (unpaired) electrons. The molecule has 1 aliphatic carbocycles. The fourth-order valence-electron chi connectivity index (χ4n) is 1.62. The zero-order valence-corrected chi connectivity index (χ0v) is 12.5. The maximum absolute atomic E-state index is 11.7. The summed E-state index contributed by atoms with van der Waals surface area (Å²) in [5.41, 5.74) is 0.815. The lowest BCUT2D eigenvalue weighted by Crippen LogP contribution is -2.13. The van der Waals surface area contributed by atoms with Gasteiger partial charge in [-0.3, -0.25) is 4.79 Å². The van der Waals surface area contributed by atoms with E-state index in [-0.39, 0.29) is 14.7 Å². The summed E-state index contributed by atoms with van der Waals surface area (Å²) in [5.74, 6) is -0.742. The first-order valence-corrected chi connectivity index (χ1v) is 6.98. The maximum atomic E-state index is 11.7. The number of hydrogen-bond donors (Lipinski definition) is 2. The Kier molecular flexibility index (Phi) is 3.77. The van der Waals surface area contributed by atoms with Gasteiger partial charge in [-0.05, 0) is 36.6 Å². The van der Waals surface area contributed by atoms with Crippen molar-refractivity contribution >= 4 is 49.4 Å². The molecular formula is C12H11Br2NO3. The minimum absolute atomic E-state index is 0.0659. The SMILES string of the molecule is O=C(CC1CC1(Br)Br)Nc1ccc(C(=O)O)cc1. The quantitative estimate of drug-likeness (QED) is 0.793. The highest BCUT2D eigenvalue weighted by atomic mass is 79.9. The second-order valence-corrected chi connectivity index (χ2v) is 8.19. The van der Waals surface area contributed by atoms with Crippen LogP contribution in [0.15, 0.2) is 24.3 Å². The number of carbonyl (C=O) groups is 2. The van der Waals surface area contributed by atoms with Crippen molar-refractivity contribution in [2.24, 2.45) is 5.92 Å². The summed E-state index contributed by atoms with van der Waals surface area (Å²) in [7, 11) is 0. The Bertz CT molecular complexity index is 485. The first kappa shape index (κ1) is 13.5. The Morgan fingerprint density at radius 3 is 2.33 bits per heavy atom. The normalized spacial score (nSPS) is 20.2. The number of hydrogen-bond acceptors (Lipinski definition) is 2. The van der Waals surface area contributed by atoms with Crippen LogP contribution in [0.2, 0.25) is 0 Å². The third kappa shape index (κ3) is 3.32. The predicted molar refractivity (Wildman–Crippen MR) is 75.3 cm³/mol. The fraction of sp³-hybridized carbons (Fsp3) is 0.333. The van der Waals surface area contributed by atoms with E-state index < -0.39 is 5.97 Å². The molecule has 0 spiro atoms. The second kappa shape index (κ2) is 5.01. The molecule has 96 valence electrons. The average molecular weight is 377 g/mol. The summed E-state index contributed by atoms with van der Waals surface area (Å²) < 4.78 is -0.0789. The van der Waals surface area contributed by atoms with Gasteiger partial charge in [0.2, 0.25) is 5.91 Å². The molecule has 0 bridgehead atoms. The summed E-state index contributed by atoms with van der Waals surface area (Å²) in [4.78, 5) is 22.4. The molecule has 18 heavy (non-hydrogen) atoms. The molecule has 6 heteroatoms. The minimum atomic E-state index is -0.978. The number of carbonyl (C=O) groups excluding carboxylic acids is 1. The van der Waals surface area contributed by atoms with Gasteiger partial charge in [-0.25, -0.2) is 4.79 Å². The van der Waals surface area contributed by atoms with Crippen molar-refractivity contribution < 1.29 is 14.7 Å². The number of anilines is 1. The first-order chi connectivity index (χ1) is 8.38. The Morgan fingerprint density at radius 2 is 1.89 bits per heavy atom. The van der Waals surface area contributed by atoms with Crippen LogP contribution in [-0.2, 0) is 4.79 Å². The Labute approximate surface area is 121 Å². The molecule has 0 aliphatic heterocycles. The molecule has 0 heterocycles. The summed E-state index contributed by atoms with van der Waals surface area (Å²) in [6.45, 7) is 0. The summed E-state index contributed by atoms with van der Waals surface area (Å²) in [6.07, 6.45) is 1.37. The molecular weight excluding hydrogens is 366 g/mol. The molecule has 1 aromatic rings. The highest BCUT2D eigenvalue weighted by Gasteiger charge is 2.50. The Balaban J connectivity index is 1.89. The predicted octanol–water partition coefficient (Wildman–Crippen LogP) is 3.22. The van der Waals surface area contributed by atoms with Crippen LogP contribution < -0.4 is 5.32 Å².